The number of H-pyrrole nitrogens is 1. The lowest BCUT2D eigenvalue weighted by Gasteiger charge is -2.28. The highest BCUT2D eigenvalue weighted by molar-refractivity contribution is 6.01. The van der Waals surface area contributed by atoms with Crippen LogP contribution in [0, 0.1) is 6.92 Å². The molecule has 4 nitrogen and oxygen atoms in total. The second kappa shape index (κ2) is 6.79. The van der Waals surface area contributed by atoms with E-state index in [9.17, 15) is 4.79 Å². The predicted octanol–water partition coefficient (Wildman–Crippen LogP) is 4.15. The zero-order valence-corrected chi connectivity index (χ0v) is 15.2. The molecule has 3 aromatic rings. The number of amides is 1. The van der Waals surface area contributed by atoms with Crippen molar-refractivity contribution in [3.8, 4) is 11.1 Å². The van der Waals surface area contributed by atoms with Crippen LogP contribution in [0.2, 0.25) is 0 Å². The van der Waals surface area contributed by atoms with E-state index in [1.165, 1.54) is 16.8 Å². The molecule has 0 saturated carbocycles. The summed E-state index contributed by atoms with van der Waals surface area (Å²) in [5.74, 6) is 0.0935. The van der Waals surface area contributed by atoms with Crippen LogP contribution >= 0.6 is 0 Å². The van der Waals surface area contributed by atoms with Gasteiger partial charge >= 0.3 is 0 Å². The Labute approximate surface area is 153 Å². The maximum atomic E-state index is 13.3. The van der Waals surface area contributed by atoms with Crippen LogP contribution in [0.25, 0.3) is 11.1 Å². The van der Waals surface area contributed by atoms with Crippen molar-refractivity contribution in [2.24, 2.45) is 0 Å². The normalized spacial score (nSPS) is 13.5. The van der Waals surface area contributed by atoms with Crippen molar-refractivity contribution in [1.29, 1.82) is 0 Å². The molecule has 1 N–H and O–H groups in total. The van der Waals surface area contributed by atoms with E-state index in [0.717, 1.165) is 41.8 Å². The lowest BCUT2D eigenvalue weighted by atomic mass is 9.96. The summed E-state index contributed by atoms with van der Waals surface area (Å²) in [4.78, 5) is 15.3. The van der Waals surface area contributed by atoms with Crippen LogP contribution in [0.15, 0.2) is 48.5 Å². The van der Waals surface area contributed by atoms with Gasteiger partial charge in [0.2, 0.25) is 0 Å². The van der Waals surface area contributed by atoms with Crippen molar-refractivity contribution in [1.82, 2.24) is 15.1 Å². The molecule has 0 saturated heterocycles. The maximum Gasteiger partial charge on any atom is 0.254 e. The fourth-order valence-corrected chi connectivity index (χ4v) is 3.72. The van der Waals surface area contributed by atoms with Crippen molar-refractivity contribution in [2.45, 2.75) is 33.2 Å². The number of aromatic amines is 1. The molecule has 0 fully saturated rings. The number of aromatic nitrogens is 2. The summed E-state index contributed by atoms with van der Waals surface area (Å²) in [6.45, 7) is 5.53. The molecule has 2 aromatic carbocycles. The van der Waals surface area contributed by atoms with Crippen LogP contribution in [0.1, 0.15) is 39.8 Å². The Morgan fingerprint density at radius 2 is 2.04 bits per heavy atom. The summed E-state index contributed by atoms with van der Waals surface area (Å²) in [6.07, 6.45) is 1.72. The van der Waals surface area contributed by atoms with E-state index < -0.39 is 0 Å². The third-order valence-corrected chi connectivity index (χ3v) is 5.13. The standard InChI is InChI=1S/C22H23N3O/c1-3-20-19-14-25(12-11-21(19)24-23-20)22(26)18-10-5-4-9-17(18)16-8-6-7-15(2)13-16/h4-10,13H,3,11-12,14H2,1-2H3,(H,23,24). The van der Waals surface area contributed by atoms with Crippen molar-refractivity contribution in [3.63, 3.8) is 0 Å². The summed E-state index contributed by atoms with van der Waals surface area (Å²) in [5, 5.41) is 7.53. The van der Waals surface area contributed by atoms with Crippen LogP contribution < -0.4 is 0 Å². The lowest BCUT2D eigenvalue weighted by Crippen LogP contribution is -2.36. The van der Waals surface area contributed by atoms with Gasteiger partial charge in [-0.1, -0.05) is 55.0 Å². The third-order valence-electron chi connectivity index (χ3n) is 5.13. The van der Waals surface area contributed by atoms with E-state index in [2.05, 4.69) is 42.2 Å². The number of hydrogen-bond acceptors (Lipinski definition) is 2. The first-order valence-corrected chi connectivity index (χ1v) is 9.17. The van der Waals surface area contributed by atoms with Gasteiger partial charge in [-0.05, 0) is 30.5 Å². The first-order chi connectivity index (χ1) is 12.7. The van der Waals surface area contributed by atoms with Gasteiger partial charge in [-0.2, -0.15) is 5.10 Å². The average Bonchev–Trinajstić information content (AvgIpc) is 3.09. The zero-order valence-electron chi connectivity index (χ0n) is 15.2. The quantitative estimate of drug-likeness (QED) is 0.775. The molecule has 0 spiro atoms. The number of nitrogens with zero attached hydrogens (tertiary/aromatic N) is 2. The summed E-state index contributed by atoms with van der Waals surface area (Å²) in [5.41, 5.74) is 7.49. The second-order valence-corrected chi connectivity index (χ2v) is 6.87. The van der Waals surface area contributed by atoms with Crippen LogP contribution in [-0.4, -0.2) is 27.5 Å². The molecule has 1 aliphatic rings. The van der Waals surface area contributed by atoms with Gasteiger partial charge in [0.05, 0.1) is 5.69 Å². The molecule has 2 heterocycles. The van der Waals surface area contributed by atoms with Gasteiger partial charge in [0, 0.05) is 36.3 Å². The van der Waals surface area contributed by atoms with Gasteiger partial charge in [0.1, 0.15) is 0 Å². The molecule has 1 aromatic heterocycles. The second-order valence-electron chi connectivity index (χ2n) is 6.87. The molecule has 26 heavy (non-hydrogen) atoms. The monoisotopic (exact) mass is 345 g/mol. The van der Waals surface area contributed by atoms with E-state index in [0.29, 0.717) is 6.54 Å². The average molecular weight is 345 g/mol. The van der Waals surface area contributed by atoms with Gasteiger partial charge in [0.15, 0.2) is 0 Å². The number of nitrogens with one attached hydrogen (secondary N) is 1. The van der Waals surface area contributed by atoms with E-state index in [1.807, 2.05) is 35.2 Å². The number of carbonyl (C=O) groups is 1. The Balaban J connectivity index is 1.68. The molecule has 132 valence electrons. The van der Waals surface area contributed by atoms with E-state index in [4.69, 9.17) is 0 Å². The smallest absolute Gasteiger partial charge is 0.254 e. The highest BCUT2D eigenvalue weighted by Gasteiger charge is 2.26. The van der Waals surface area contributed by atoms with Gasteiger partial charge < -0.3 is 4.90 Å². The van der Waals surface area contributed by atoms with Crippen molar-refractivity contribution in [3.05, 3.63) is 76.6 Å². The molecule has 4 rings (SSSR count). The van der Waals surface area contributed by atoms with Gasteiger partial charge in [-0.3, -0.25) is 9.89 Å². The Morgan fingerprint density at radius 3 is 2.85 bits per heavy atom. The van der Waals surface area contributed by atoms with Gasteiger partial charge in [0.25, 0.3) is 5.91 Å². The zero-order chi connectivity index (χ0) is 18.1. The number of aryl methyl sites for hydroxylation is 2. The largest absolute Gasteiger partial charge is 0.334 e. The summed E-state index contributed by atoms with van der Waals surface area (Å²) < 4.78 is 0. The Bertz CT molecular complexity index is 944. The molecular weight excluding hydrogens is 322 g/mol. The molecule has 0 bridgehead atoms. The number of benzene rings is 2. The molecule has 1 aliphatic heterocycles. The fourth-order valence-electron chi connectivity index (χ4n) is 3.72. The van der Waals surface area contributed by atoms with Crippen LogP contribution in [-0.2, 0) is 19.4 Å². The highest BCUT2D eigenvalue weighted by atomic mass is 16.2. The number of carbonyl (C=O) groups excluding carboxylic acids is 1. The first-order valence-electron chi connectivity index (χ1n) is 9.17. The van der Waals surface area contributed by atoms with Crippen molar-refractivity contribution < 1.29 is 4.79 Å². The molecule has 1 amide bonds. The lowest BCUT2D eigenvalue weighted by molar-refractivity contribution is 0.0734. The predicted molar refractivity (Wildman–Crippen MR) is 103 cm³/mol. The third kappa shape index (κ3) is 2.92. The van der Waals surface area contributed by atoms with Crippen molar-refractivity contribution in [2.75, 3.05) is 6.54 Å². The molecule has 0 radical (unpaired) electrons. The maximum absolute atomic E-state index is 13.3. The Hall–Kier alpha value is -2.88. The van der Waals surface area contributed by atoms with E-state index >= 15 is 0 Å². The SMILES string of the molecule is CCc1n[nH]c2c1CN(C(=O)c1ccccc1-c1cccc(C)c1)CC2. The molecule has 4 heteroatoms. The topological polar surface area (TPSA) is 49.0 Å². The Kier molecular flexibility index (Phi) is 4.33. The van der Waals surface area contributed by atoms with Gasteiger partial charge in [-0.15, -0.1) is 0 Å². The highest BCUT2D eigenvalue weighted by Crippen LogP contribution is 2.28. The van der Waals surface area contributed by atoms with Crippen LogP contribution in [0.3, 0.4) is 0 Å². The van der Waals surface area contributed by atoms with E-state index in [-0.39, 0.29) is 5.91 Å². The van der Waals surface area contributed by atoms with Crippen LogP contribution in [0.5, 0.6) is 0 Å². The number of rotatable bonds is 3. The minimum atomic E-state index is 0.0935. The molecular formula is C22H23N3O. The van der Waals surface area contributed by atoms with Crippen LogP contribution in [0.4, 0.5) is 0 Å². The fraction of sp³-hybridized carbons (Fsp3) is 0.273. The number of fused-ring (bicyclic) bond motifs is 1. The number of hydrogen-bond donors (Lipinski definition) is 1. The summed E-state index contributed by atoms with van der Waals surface area (Å²) in [6, 6.07) is 16.2. The van der Waals surface area contributed by atoms with Crippen molar-refractivity contribution >= 4 is 5.91 Å². The first kappa shape index (κ1) is 16.6. The Morgan fingerprint density at radius 1 is 1.19 bits per heavy atom. The minimum absolute atomic E-state index is 0.0935. The van der Waals surface area contributed by atoms with E-state index in [1.54, 1.807) is 0 Å². The molecule has 0 unspecified atom stereocenters. The molecule has 0 aliphatic carbocycles. The van der Waals surface area contributed by atoms with Gasteiger partial charge in [-0.25, -0.2) is 0 Å². The minimum Gasteiger partial charge on any atom is -0.334 e. The summed E-state index contributed by atoms with van der Waals surface area (Å²) in [7, 11) is 0. The summed E-state index contributed by atoms with van der Waals surface area (Å²) >= 11 is 0. The molecule has 0 atom stereocenters.